The van der Waals surface area contributed by atoms with Crippen molar-refractivity contribution in [2.75, 3.05) is 11.9 Å². The molecular formula is C33H32ClF8N5O3S. The Kier molecular flexibility index (Phi) is 11.8. The molecule has 1 amide bonds. The van der Waals surface area contributed by atoms with Gasteiger partial charge < -0.3 is 15.4 Å². The second-order valence-electron chi connectivity index (χ2n) is 12.2. The number of hydrogen-bond donors (Lipinski definition) is 2. The van der Waals surface area contributed by atoms with Gasteiger partial charge in [-0.1, -0.05) is 24.1 Å². The van der Waals surface area contributed by atoms with E-state index in [1.165, 1.54) is 35.9 Å². The standard InChI is InChI=1S/C33H32ClF8N5O3S/c1-47-28-23(14-20(30(46-28)50-16-27(35)36)24(48)4-2-3-17-5-8-19(9-6-17)32(37,38)39)45-31(47)44-22-13-18(7-10-21(22)33(40,41)42)15-43-29(49)25-11-12-26(34)51-25/h7,10-14,17,19,27H,2-6,8-9,15-16H2,1H3,(H,43,49)(H,44,45). The number of anilines is 2. The number of thiophene rings is 1. The zero-order valence-corrected chi connectivity index (χ0v) is 28.5. The van der Waals surface area contributed by atoms with Crippen LogP contribution in [0, 0.1) is 11.8 Å². The Morgan fingerprint density at radius 3 is 2.39 bits per heavy atom. The molecule has 1 aliphatic rings. The topological polar surface area (TPSA) is 98.1 Å². The van der Waals surface area contributed by atoms with Crippen molar-refractivity contribution in [3.63, 3.8) is 0 Å². The Hall–Kier alpha value is -3.99. The Balaban J connectivity index is 1.35. The first-order valence-corrected chi connectivity index (χ1v) is 17.1. The number of rotatable bonds is 13. The van der Waals surface area contributed by atoms with Crippen molar-refractivity contribution < 1.29 is 49.4 Å². The second-order valence-corrected chi connectivity index (χ2v) is 14.0. The summed E-state index contributed by atoms with van der Waals surface area (Å²) in [6.07, 6.45) is -10.3. The fourth-order valence-corrected chi connectivity index (χ4v) is 6.96. The van der Waals surface area contributed by atoms with Crippen LogP contribution in [0.5, 0.6) is 5.88 Å². The number of nitrogens with zero attached hydrogens (tertiary/aromatic N) is 3. The molecule has 1 aliphatic carbocycles. The summed E-state index contributed by atoms with van der Waals surface area (Å²) in [7, 11) is 1.42. The largest absolute Gasteiger partial charge is 0.471 e. The van der Waals surface area contributed by atoms with Crippen LogP contribution >= 0.6 is 22.9 Å². The molecule has 1 fully saturated rings. The second kappa shape index (κ2) is 15.7. The van der Waals surface area contributed by atoms with Crippen LogP contribution in [0.1, 0.15) is 76.1 Å². The molecule has 276 valence electrons. The van der Waals surface area contributed by atoms with Gasteiger partial charge in [0.15, 0.2) is 18.0 Å². The zero-order chi connectivity index (χ0) is 37.1. The van der Waals surface area contributed by atoms with E-state index in [2.05, 4.69) is 20.6 Å². The number of fused-ring (bicyclic) bond motifs is 1. The Morgan fingerprint density at radius 1 is 1.04 bits per heavy atom. The molecule has 18 heteroatoms. The number of imidazole rings is 1. The maximum Gasteiger partial charge on any atom is 0.418 e. The van der Waals surface area contributed by atoms with Gasteiger partial charge in [0.05, 0.1) is 31.9 Å². The highest BCUT2D eigenvalue weighted by atomic mass is 35.5. The molecule has 0 bridgehead atoms. The van der Waals surface area contributed by atoms with Crippen molar-refractivity contribution >= 4 is 57.4 Å². The van der Waals surface area contributed by atoms with Crippen LogP contribution in [-0.2, 0) is 19.8 Å². The number of amides is 1. The highest BCUT2D eigenvalue weighted by Crippen LogP contribution is 2.41. The van der Waals surface area contributed by atoms with Crippen LogP contribution in [-0.4, -0.2) is 45.4 Å². The molecule has 0 atom stereocenters. The summed E-state index contributed by atoms with van der Waals surface area (Å²) in [6, 6.07) is 7.57. The number of hydrogen-bond acceptors (Lipinski definition) is 7. The molecule has 1 aromatic carbocycles. The van der Waals surface area contributed by atoms with Gasteiger partial charge in [-0.25, -0.2) is 13.8 Å². The Labute approximate surface area is 295 Å². The van der Waals surface area contributed by atoms with Crippen LogP contribution in [0.25, 0.3) is 11.2 Å². The number of aryl methyl sites for hydroxylation is 1. The summed E-state index contributed by atoms with van der Waals surface area (Å²) in [5, 5.41) is 5.28. The summed E-state index contributed by atoms with van der Waals surface area (Å²) in [5.41, 5.74) is -1.19. The number of ketones is 1. The van der Waals surface area contributed by atoms with Gasteiger partial charge in [-0.15, -0.1) is 11.3 Å². The first-order chi connectivity index (χ1) is 24.0. The fraction of sp³-hybridized carbons (Fsp3) is 0.455. The number of aromatic nitrogens is 3. The third kappa shape index (κ3) is 9.67. The lowest BCUT2D eigenvalue weighted by Crippen LogP contribution is -2.27. The first-order valence-electron chi connectivity index (χ1n) is 15.9. The molecule has 4 aromatic rings. The smallest absolute Gasteiger partial charge is 0.418 e. The van der Waals surface area contributed by atoms with Crippen LogP contribution in [0.15, 0.2) is 36.4 Å². The van der Waals surface area contributed by atoms with Gasteiger partial charge in [0.25, 0.3) is 12.3 Å². The lowest BCUT2D eigenvalue weighted by molar-refractivity contribution is -0.184. The molecule has 8 nitrogen and oxygen atoms in total. The number of carbonyl (C=O) groups is 2. The summed E-state index contributed by atoms with van der Waals surface area (Å²) in [4.78, 5) is 34.6. The van der Waals surface area contributed by atoms with Gasteiger partial charge in [-0.2, -0.15) is 31.3 Å². The minimum Gasteiger partial charge on any atom is -0.471 e. The van der Waals surface area contributed by atoms with Crippen molar-refractivity contribution in [3.05, 3.63) is 62.3 Å². The van der Waals surface area contributed by atoms with E-state index in [1.54, 1.807) is 6.07 Å². The van der Waals surface area contributed by atoms with Crippen LogP contribution in [0.2, 0.25) is 4.34 Å². The highest BCUT2D eigenvalue weighted by Gasteiger charge is 2.41. The van der Waals surface area contributed by atoms with Crippen molar-refractivity contribution in [2.45, 2.75) is 70.3 Å². The van der Waals surface area contributed by atoms with E-state index in [0.29, 0.717) is 40.5 Å². The maximum absolute atomic E-state index is 14.0. The van der Waals surface area contributed by atoms with Crippen LogP contribution < -0.4 is 15.4 Å². The van der Waals surface area contributed by atoms with E-state index >= 15 is 0 Å². The third-order valence-corrected chi connectivity index (χ3v) is 9.90. The number of halogens is 9. The maximum atomic E-state index is 14.0. The van der Waals surface area contributed by atoms with Crippen molar-refractivity contribution in [2.24, 2.45) is 18.9 Å². The molecule has 0 unspecified atom stereocenters. The molecule has 3 aromatic heterocycles. The summed E-state index contributed by atoms with van der Waals surface area (Å²) in [5.74, 6) is -2.82. The fourth-order valence-electron chi connectivity index (χ4n) is 6.00. The Morgan fingerprint density at radius 2 is 1.76 bits per heavy atom. The predicted octanol–water partition coefficient (Wildman–Crippen LogP) is 9.74. The van der Waals surface area contributed by atoms with E-state index in [0.717, 1.165) is 17.4 Å². The number of Topliss-reactive ketones (excluding diaryl/α,β-unsaturated/α-hetero) is 1. The minimum absolute atomic E-state index is 0.0197. The number of alkyl halides is 8. The van der Waals surface area contributed by atoms with E-state index < -0.39 is 60.1 Å². The molecule has 0 aliphatic heterocycles. The molecule has 0 radical (unpaired) electrons. The molecule has 5 rings (SSSR count). The SMILES string of the molecule is Cn1c(Nc2cc(CNC(=O)c3ccc(Cl)s3)ccc2C(F)(F)F)nc2cc(C(=O)CCCC3CCC(C(F)(F)F)CC3)c(OCC(F)F)nc21. The number of pyridine rings is 1. The molecule has 0 saturated heterocycles. The van der Waals surface area contributed by atoms with E-state index in [-0.39, 0.29) is 54.4 Å². The molecule has 1 saturated carbocycles. The Bertz CT molecular complexity index is 1870. The molecule has 3 heterocycles. The number of carbonyl (C=O) groups excluding carboxylic acids is 2. The third-order valence-electron chi connectivity index (χ3n) is 8.67. The summed E-state index contributed by atoms with van der Waals surface area (Å²) >= 11 is 6.91. The van der Waals surface area contributed by atoms with Gasteiger partial charge >= 0.3 is 12.4 Å². The number of nitrogens with one attached hydrogen (secondary N) is 2. The van der Waals surface area contributed by atoms with Gasteiger partial charge in [-0.3, -0.25) is 14.2 Å². The van der Waals surface area contributed by atoms with Gasteiger partial charge in [0.1, 0.15) is 5.52 Å². The monoisotopic (exact) mass is 765 g/mol. The van der Waals surface area contributed by atoms with E-state index in [9.17, 15) is 44.7 Å². The van der Waals surface area contributed by atoms with Crippen LogP contribution in [0.3, 0.4) is 0 Å². The van der Waals surface area contributed by atoms with Crippen LogP contribution in [0.4, 0.5) is 46.8 Å². The molecular weight excluding hydrogens is 734 g/mol. The molecule has 0 spiro atoms. The zero-order valence-electron chi connectivity index (χ0n) is 26.9. The summed E-state index contributed by atoms with van der Waals surface area (Å²) in [6.45, 7) is -1.20. The van der Waals surface area contributed by atoms with Gasteiger partial charge in [0.2, 0.25) is 11.8 Å². The van der Waals surface area contributed by atoms with E-state index in [1.807, 2.05) is 0 Å². The van der Waals surface area contributed by atoms with Gasteiger partial charge in [0, 0.05) is 20.0 Å². The van der Waals surface area contributed by atoms with Gasteiger partial charge in [-0.05, 0) is 73.9 Å². The van der Waals surface area contributed by atoms with Crippen molar-refractivity contribution in [1.82, 2.24) is 19.9 Å². The predicted molar refractivity (Wildman–Crippen MR) is 175 cm³/mol. The highest BCUT2D eigenvalue weighted by molar-refractivity contribution is 7.18. The molecule has 51 heavy (non-hydrogen) atoms. The number of benzene rings is 1. The normalized spacial score (nSPS) is 16.8. The quantitative estimate of drug-likeness (QED) is 0.104. The summed E-state index contributed by atoms with van der Waals surface area (Å²) < 4.78 is 114. The molecule has 2 N–H and O–H groups in total. The van der Waals surface area contributed by atoms with Crippen molar-refractivity contribution in [1.29, 1.82) is 0 Å². The van der Waals surface area contributed by atoms with Crippen molar-refractivity contribution in [3.8, 4) is 5.88 Å². The average molecular weight is 766 g/mol. The number of ether oxygens (including phenoxy) is 1. The lowest BCUT2D eigenvalue weighted by atomic mass is 9.79. The lowest BCUT2D eigenvalue weighted by Gasteiger charge is -2.29. The minimum atomic E-state index is -4.78. The first kappa shape index (κ1) is 38.2. The van der Waals surface area contributed by atoms with E-state index in [4.69, 9.17) is 16.3 Å². The average Bonchev–Trinajstić information content (AvgIpc) is 3.63.